The van der Waals surface area contributed by atoms with Crippen molar-refractivity contribution in [3.63, 3.8) is 0 Å². The quantitative estimate of drug-likeness (QED) is 0.531. The Morgan fingerprint density at radius 1 is 1.07 bits per heavy atom. The SMILES string of the molecule is CCCCOc1ccc(C(=O)Nc2sc(-c3ccccc3)cc2C(N)=O)cc1. The summed E-state index contributed by atoms with van der Waals surface area (Å²) in [5, 5.41) is 3.25. The minimum atomic E-state index is -0.576. The molecule has 2 aromatic carbocycles. The van der Waals surface area contributed by atoms with Crippen LogP contribution in [0.25, 0.3) is 10.4 Å². The number of thiophene rings is 1. The summed E-state index contributed by atoms with van der Waals surface area (Å²) in [5.74, 6) is -0.150. The van der Waals surface area contributed by atoms with Crippen LogP contribution in [0.1, 0.15) is 40.5 Å². The van der Waals surface area contributed by atoms with E-state index < -0.39 is 5.91 Å². The van der Waals surface area contributed by atoms with Crippen LogP contribution in [0, 0.1) is 0 Å². The highest BCUT2D eigenvalue weighted by atomic mass is 32.1. The summed E-state index contributed by atoms with van der Waals surface area (Å²) in [6.45, 7) is 2.76. The number of carbonyl (C=O) groups is 2. The van der Waals surface area contributed by atoms with Crippen molar-refractivity contribution < 1.29 is 14.3 Å². The lowest BCUT2D eigenvalue weighted by Gasteiger charge is -2.07. The van der Waals surface area contributed by atoms with Crippen molar-refractivity contribution in [2.45, 2.75) is 19.8 Å². The Morgan fingerprint density at radius 2 is 1.79 bits per heavy atom. The van der Waals surface area contributed by atoms with Gasteiger partial charge in [-0.2, -0.15) is 0 Å². The molecule has 0 spiro atoms. The van der Waals surface area contributed by atoms with E-state index in [-0.39, 0.29) is 5.91 Å². The molecule has 0 saturated heterocycles. The summed E-state index contributed by atoms with van der Waals surface area (Å²) >= 11 is 1.32. The molecule has 6 heteroatoms. The molecule has 3 aromatic rings. The minimum absolute atomic E-state index is 0.302. The van der Waals surface area contributed by atoms with Crippen molar-refractivity contribution in [1.29, 1.82) is 0 Å². The fraction of sp³-hybridized carbons (Fsp3) is 0.182. The molecule has 0 aliphatic carbocycles. The molecule has 5 nitrogen and oxygen atoms in total. The van der Waals surface area contributed by atoms with Gasteiger partial charge in [-0.3, -0.25) is 9.59 Å². The molecule has 144 valence electrons. The summed E-state index contributed by atoms with van der Waals surface area (Å²) in [5.41, 5.74) is 7.24. The Bertz CT molecular complexity index is 950. The second-order valence-corrected chi connectivity index (χ2v) is 7.32. The largest absolute Gasteiger partial charge is 0.494 e. The van der Waals surface area contributed by atoms with Crippen molar-refractivity contribution in [1.82, 2.24) is 0 Å². The Kier molecular flexibility index (Phi) is 6.45. The van der Waals surface area contributed by atoms with Crippen molar-refractivity contribution in [3.8, 4) is 16.2 Å². The van der Waals surface area contributed by atoms with Crippen LogP contribution < -0.4 is 15.8 Å². The predicted molar refractivity (Wildman–Crippen MR) is 113 cm³/mol. The number of anilines is 1. The molecule has 0 unspecified atom stereocenters. The number of nitrogens with two attached hydrogens (primary N) is 1. The van der Waals surface area contributed by atoms with E-state index in [2.05, 4.69) is 12.2 Å². The average molecular weight is 394 g/mol. The molecule has 1 heterocycles. The van der Waals surface area contributed by atoms with Gasteiger partial charge in [0.1, 0.15) is 10.8 Å². The van der Waals surface area contributed by atoms with Crippen molar-refractivity contribution in [2.24, 2.45) is 5.73 Å². The summed E-state index contributed by atoms with van der Waals surface area (Å²) in [7, 11) is 0. The van der Waals surface area contributed by atoms with Crippen LogP contribution in [0.4, 0.5) is 5.00 Å². The van der Waals surface area contributed by atoms with Crippen LogP contribution in [-0.2, 0) is 0 Å². The first-order valence-electron chi connectivity index (χ1n) is 9.11. The molecular weight excluding hydrogens is 372 g/mol. The van der Waals surface area contributed by atoms with Gasteiger partial charge in [-0.1, -0.05) is 43.7 Å². The van der Waals surface area contributed by atoms with Gasteiger partial charge in [0.2, 0.25) is 0 Å². The number of rotatable bonds is 8. The van der Waals surface area contributed by atoms with Gasteiger partial charge in [-0.05, 0) is 42.3 Å². The molecule has 0 bridgehead atoms. The molecule has 2 amide bonds. The number of hydrogen-bond donors (Lipinski definition) is 2. The summed E-state index contributed by atoms with van der Waals surface area (Å²) < 4.78 is 5.61. The van der Waals surface area contributed by atoms with Crippen molar-refractivity contribution >= 4 is 28.2 Å². The fourth-order valence-corrected chi connectivity index (χ4v) is 3.69. The zero-order valence-electron chi connectivity index (χ0n) is 15.6. The topological polar surface area (TPSA) is 81.4 Å². The third-order valence-electron chi connectivity index (χ3n) is 4.17. The van der Waals surface area contributed by atoms with E-state index in [0.717, 1.165) is 29.0 Å². The first-order chi connectivity index (χ1) is 13.6. The summed E-state index contributed by atoms with van der Waals surface area (Å²) in [6, 6.07) is 18.3. The molecule has 3 N–H and O–H groups in total. The second-order valence-electron chi connectivity index (χ2n) is 6.26. The Labute approximate surface area is 168 Å². The third-order valence-corrected chi connectivity index (χ3v) is 5.27. The number of nitrogens with one attached hydrogen (secondary N) is 1. The van der Waals surface area contributed by atoms with Crippen LogP contribution in [0.5, 0.6) is 5.75 Å². The van der Waals surface area contributed by atoms with Gasteiger partial charge in [0.05, 0.1) is 12.2 Å². The first-order valence-corrected chi connectivity index (χ1v) is 9.93. The number of amides is 2. The minimum Gasteiger partial charge on any atom is -0.494 e. The number of carbonyl (C=O) groups excluding carboxylic acids is 2. The zero-order chi connectivity index (χ0) is 19.9. The fourth-order valence-electron chi connectivity index (χ4n) is 2.62. The first kappa shape index (κ1) is 19.6. The Hall–Kier alpha value is -3.12. The van der Waals surface area contributed by atoms with Crippen LogP contribution >= 0.6 is 11.3 Å². The maximum Gasteiger partial charge on any atom is 0.256 e. The smallest absolute Gasteiger partial charge is 0.256 e. The van der Waals surface area contributed by atoms with Gasteiger partial charge >= 0.3 is 0 Å². The maximum absolute atomic E-state index is 12.6. The van der Waals surface area contributed by atoms with E-state index in [0.29, 0.717) is 22.7 Å². The summed E-state index contributed by atoms with van der Waals surface area (Å²) in [6.07, 6.45) is 2.05. The van der Waals surface area contributed by atoms with Crippen LogP contribution in [0.15, 0.2) is 60.7 Å². The lowest BCUT2D eigenvalue weighted by molar-refractivity contribution is 0.100. The predicted octanol–water partition coefficient (Wildman–Crippen LogP) is 4.95. The number of benzene rings is 2. The van der Waals surface area contributed by atoms with Gasteiger partial charge in [0.25, 0.3) is 11.8 Å². The number of ether oxygens (including phenoxy) is 1. The number of hydrogen-bond acceptors (Lipinski definition) is 4. The van der Waals surface area contributed by atoms with Crippen molar-refractivity contribution in [3.05, 3.63) is 71.8 Å². The van der Waals surface area contributed by atoms with E-state index >= 15 is 0 Å². The highest BCUT2D eigenvalue weighted by Gasteiger charge is 2.17. The Balaban J connectivity index is 1.76. The third kappa shape index (κ3) is 4.78. The van der Waals surface area contributed by atoms with E-state index in [1.165, 1.54) is 11.3 Å². The molecule has 28 heavy (non-hydrogen) atoms. The lowest BCUT2D eigenvalue weighted by atomic mass is 10.1. The van der Waals surface area contributed by atoms with E-state index in [1.807, 2.05) is 30.3 Å². The normalized spacial score (nSPS) is 10.5. The monoisotopic (exact) mass is 394 g/mol. The van der Waals surface area contributed by atoms with Gasteiger partial charge in [0, 0.05) is 10.4 Å². The molecule has 0 fully saturated rings. The molecular formula is C22H22N2O3S. The zero-order valence-corrected chi connectivity index (χ0v) is 16.4. The van der Waals surface area contributed by atoms with Gasteiger partial charge < -0.3 is 15.8 Å². The van der Waals surface area contributed by atoms with Crippen LogP contribution in [0.3, 0.4) is 0 Å². The van der Waals surface area contributed by atoms with Crippen molar-refractivity contribution in [2.75, 3.05) is 11.9 Å². The van der Waals surface area contributed by atoms with Crippen LogP contribution in [-0.4, -0.2) is 18.4 Å². The Morgan fingerprint density at radius 3 is 2.43 bits per heavy atom. The molecule has 3 rings (SSSR count). The van der Waals surface area contributed by atoms with E-state index in [1.54, 1.807) is 30.3 Å². The number of unbranched alkanes of at least 4 members (excludes halogenated alkanes) is 1. The van der Waals surface area contributed by atoms with Gasteiger partial charge in [-0.25, -0.2) is 0 Å². The maximum atomic E-state index is 12.6. The second kappa shape index (κ2) is 9.19. The lowest BCUT2D eigenvalue weighted by Crippen LogP contribution is -2.16. The van der Waals surface area contributed by atoms with E-state index in [9.17, 15) is 9.59 Å². The number of primary amides is 1. The van der Waals surface area contributed by atoms with E-state index in [4.69, 9.17) is 10.5 Å². The molecule has 0 saturated carbocycles. The molecule has 0 aliphatic rings. The molecule has 1 aromatic heterocycles. The highest BCUT2D eigenvalue weighted by molar-refractivity contribution is 7.20. The summed E-state index contributed by atoms with van der Waals surface area (Å²) in [4.78, 5) is 25.3. The van der Waals surface area contributed by atoms with Gasteiger partial charge in [-0.15, -0.1) is 11.3 Å². The highest BCUT2D eigenvalue weighted by Crippen LogP contribution is 2.35. The van der Waals surface area contributed by atoms with Crippen LogP contribution in [0.2, 0.25) is 0 Å². The molecule has 0 radical (unpaired) electrons. The average Bonchev–Trinajstić information content (AvgIpc) is 3.13. The standard InChI is InChI=1S/C22H22N2O3S/c1-2-3-13-27-17-11-9-16(10-12-17)21(26)24-22-18(20(23)25)14-19(28-22)15-7-5-4-6-8-15/h4-12,14H,2-3,13H2,1H3,(H2,23,25)(H,24,26). The molecule has 0 aliphatic heterocycles. The molecule has 0 atom stereocenters. The van der Waals surface area contributed by atoms with Gasteiger partial charge in [0.15, 0.2) is 0 Å².